The number of amides is 3. The molecule has 11 nitrogen and oxygen atoms in total. The Hall–Kier alpha value is -4.46. The molecule has 1 unspecified atom stereocenters. The molecule has 1 aliphatic carbocycles. The zero-order valence-electron chi connectivity index (χ0n) is 21.8. The van der Waals surface area contributed by atoms with E-state index in [1.807, 2.05) is 29.2 Å². The van der Waals surface area contributed by atoms with Crippen LogP contribution in [0.4, 0.5) is 5.69 Å². The zero-order valence-corrected chi connectivity index (χ0v) is 21.8. The Morgan fingerprint density at radius 1 is 1.08 bits per heavy atom. The lowest BCUT2D eigenvalue weighted by atomic mass is 9.99. The van der Waals surface area contributed by atoms with Crippen molar-refractivity contribution in [1.29, 1.82) is 5.26 Å². The van der Waals surface area contributed by atoms with Crippen molar-refractivity contribution in [3.63, 3.8) is 0 Å². The van der Waals surface area contributed by atoms with Crippen LogP contribution in [0.2, 0.25) is 0 Å². The Bertz CT molecular complexity index is 1460. The van der Waals surface area contributed by atoms with Gasteiger partial charge in [-0.2, -0.15) is 5.26 Å². The Morgan fingerprint density at radius 2 is 1.79 bits per heavy atom. The summed E-state index contributed by atoms with van der Waals surface area (Å²) in [7, 11) is 0. The maximum absolute atomic E-state index is 13.3. The molecule has 0 spiro atoms. The molecule has 1 saturated carbocycles. The first-order valence-electron chi connectivity index (χ1n) is 13.4. The van der Waals surface area contributed by atoms with Gasteiger partial charge in [-0.15, -0.1) is 0 Å². The third kappa shape index (κ3) is 4.90. The van der Waals surface area contributed by atoms with Crippen LogP contribution in [0.15, 0.2) is 36.7 Å². The number of hydrogen-bond donors (Lipinski definition) is 2. The van der Waals surface area contributed by atoms with Gasteiger partial charge in [0, 0.05) is 63.6 Å². The average Bonchev–Trinajstić information content (AvgIpc) is 3.69. The highest BCUT2D eigenvalue weighted by Crippen LogP contribution is 2.35. The van der Waals surface area contributed by atoms with Crippen molar-refractivity contribution >= 4 is 34.6 Å². The highest BCUT2D eigenvalue weighted by molar-refractivity contribution is 6.06. The van der Waals surface area contributed by atoms with E-state index >= 15 is 0 Å². The van der Waals surface area contributed by atoms with E-state index in [9.17, 15) is 14.4 Å². The maximum Gasteiger partial charge on any atom is 0.255 e. The van der Waals surface area contributed by atoms with Crippen LogP contribution in [0.5, 0.6) is 0 Å². The van der Waals surface area contributed by atoms with E-state index in [0.29, 0.717) is 48.6 Å². The van der Waals surface area contributed by atoms with Gasteiger partial charge in [0.05, 0.1) is 29.4 Å². The second kappa shape index (κ2) is 10.0. The van der Waals surface area contributed by atoms with Crippen molar-refractivity contribution in [2.24, 2.45) is 11.8 Å². The number of likely N-dealkylation sites (tertiary alicyclic amines) is 1. The molecule has 6 rings (SSSR count). The number of carbonyl (C=O) groups is 3. The lowest BCUT2D eigenvalue weighted by molar-refractivity contribution is -0.138. The van der Waals surface area contributed by atoms with E-state index < -0.39 is 6.04 Å². The molecule has 2 aromatic heterocycles. The Balaban J connectivity index is 1.17. The number of aromatic nitrogens is 3. The number of hydrogen-bond acceptors (Lipinski definition) is 7. The highest BCUT2D eigenvalue weighted by Gasteiger charge is 2.43. The predicted octanol–water partition coefficient (Wildman–Crippen LogP) is 1.78. The smallest absolute Gasteiger partial charge is 0.255 e. The third-order valence-corrected chi connectivity index (χ3v) is 7.90. The number of nitrogens with one attached hydrogen (secondary N) is 2. The van der Waals surface area contributed by atoms with Gasteiger partial charge in [-0.05, 0) is 30.9 Å². The molecule has 0 radical (unpaired) electrons. The molecule has 2 aliphatic heterocycles. The van der Waals surface area contributed by atoms with Crippen LogP contribution in [-0.2, 0) is 9.59 Å². The van der Waals surface area contributed by atoms with Gasteiger partial charge in [0.15, 0.2) is 5.65 Å². The molecule has 11 heteroatoms. The predicted molar refractivity (Wildman–Crippen MR) is 143 cm³/mol. The fourth-order valence-electron chi connectivity index (χ4n) is 5.29. The molecule has 1 aromatic carbocycles. The summed E-state index contributed by atoms with van der Waals surface area (Å²) in [6.45, 7) is 5.44. The van der Waals surface area contributed by atoms with Crippen molar-refractivity contribution in [3.05, 3.63) is 42.2 Å². The summed E-state index contributed by atoms with van der Waals surface area (Å²) in [5, 5.41) is 12.0. The number of rotatable bonds is 6. The quantitative estimate of drug-likeness (QED) is 0.499. The number of fused-ring (bicyclic) bond motifs is 1. The molecule has 3 fully saturated rings. The summed E-state index contributed by atoms with van der Waals surface area (Å²) < 4.78 is 0. The van der Waals surface area contributed by atoms with Crippen LogP contribution in [0.3, 0.4) is 0 Å². The fourth-order valence-corrected chi connectivity index (χ4v) is 5.29. The number of benzene rings is 1. The number of aromatic amines is 1. The summed E-state index contributed by atoms with van der Waals surface area (Å²) in [6, 6.07) is 9.63. The van der Waals surface area contributed by atoms with E-state index in [2.05, 4.69) is 26.3 Å². The first-order valence-corrected chi connectivity index (χ1v) is 13.4. The second-order valence-electron chi connectivity index (χ2n) is 10.6. The molecule has 3 amide bonds. The minimum atomic E-state index is -0.594. The molecule has 2 N–H and O–H groups in total. The average molecular weight is 527 g/mol. The lowest BCUT2D eigenvalue weighted by Gasteiger charge is -2.37. The Labute approximate surface area is 225 Å². The standard InChI is InChI=1S/C28H30N8O3/c1-17(37)34-8-10-35(11-9-34)21-6-4-19(5-7-21)23-14-31-26-25(32-23)22(13-30-26)27(38)33-24(20-2-3-20)28(39)36-15-18(12-29)16-36/h4-7,13-14,18,20,24H,2-3,8-11,15-16H2,1H3,(H,30,31)(H,33,38). The molecule has 0 bridgehead atoms. The van der Waals surface area contributed by atoms with Crippen LogP contribution in [0.25, 0.3) is 22.4 Å². The molecule has 3 aromatic rings. The van der Waals surface area contributed by atoms with Crippen molar-refractivity contribution in [3.8, 4) is 17.3 Å². The van der Waals surface area contributed by atoms with E-state index in [1.165, 1.54) is 0 Å². The van der Waals surface area contributed by atoms with Gasteiger partial charge in [-0.1, -0.05) is 12.1 Å². The minimum absolute atomic E-state index is 0.108. The minimum Gasteiger partial charge on any atom is -0.368 e. The number of piperazine rings is 1. The monoisotopic (exact) mass is 526 g/mol. The van der Waals surface area contributed by atoms with Gasteiger partial charge in [-0.3, -0.25) is 14.4 Å². The normalized spacial score (nSPS) is 18.4. The van der Waals surface area contributed by atoms with Gasteiger partial charge < -0.3 is 25.0 Å². The summed E-state index contributed by atoms with van der Waals surface area (Å²) in [6.07, 6.45) is 5.05. The van der Waals surface area contributed by atoms with Crippen LogP contribution in [0.1, 0.15) is 30.1 Å². The Kier molecular flexibility index (Phi) is 6.38. The molecule has 2 saturated heterocycles. The topological polar surface area (TPSA) is 138 Å². The molecule has 1 atom stereocenters. The van der Waals surface area contributed by atoms with Crippen molar-refractivity contribution < 1.29 is 14.4 Å². The first-order chi connectivity index (χ1) is 18.9. The third-order valence-electron chi connectivity index (χ3n) is 7.90. The van der Waals surface area contributed by atoms with Crippen LogP contribution in [0, 0.1) is 23.2 Å². The van der Waals surface area contributed by atoms with E-state index in [4.69, 9.17) is 10.2 Å². The Morgan fingerprint density at radius 3 is 2.44 bits per heavy atom. The molecular formula is C28H30N8O3. The SMILES string of the molecule is CC(=O)N1CCN(c2ccc(-c3cnc4[nH]cc(C(=O)NC(C(=O)N5CC(C#N)C5)C5CC5)c4n3)cc2)CC1. The maximum atomic E-state index is 13.3. The van der Waals surface area contributed by atoms with Crippen molar-refractivity contribution in [1.82, 2.24) is 30.1 Å². The van der Waals surface area contributed by atoms with E-state index in [-0.39, 0.29) is 29.6 Å². The number of carbonyl (C=O) groups excluding carboxylic acids is 3. The largest absolute Gasteiger partial charge is 0.368 e. The molecule has 4 heterocycles. The van der Waals surface area contributed by atoms with Gasteiger partial charge >= 0.3 is 0 Å². The second-order valence-corrected chi connectivity index (χ2v) is 10.6. The van der Waals surface area contributed by atoms with Crippen molar-refractivity contribution in [2.75, 3.05) is 44.2 Å². The highest BCUT2D eigenvalue weighted by atomic mass is 16.2. The molecular weight excluding hydrogens is 496 g/mol. The summed E-state index contributed by atoms with van der Waals surface area (Å²) >= 11 is 0. The molecule has 39 heavy (non-hydrogen) atoms. The van der Waals surface area contributed by atoms with E-state index in [0.717, 1.165) is 37.2 Å². The summed E-state index contributed by atoms with van der Waals surface area (Å²) in [4.78, 5) is 55.9. The number of H-pyrrole nitrogens is 1. The fraction of sp³-hybridized carbons (Fsp3) is 0.429. The number of nitrogens with zero attached hydrogens (tertiary/aromatic N) is 6. The van der Waals surface area contributed by atoms with Gasteiger partial charge in [0.1, 0.15) is 11.6 Å². The summed E-state index contributed by atoms with van der Waals surface area (Å²) in [5.74, 6) is -0.380. The zero-order chi connectivity index (χ0) is 27.1. The molecule has 200 valence electrons. The van der Waals surface area contributed by atoms with E-state index in [1.54, 1.807) is 24.2 Å². The molecule has 3 aliphatic rings. The number of anilines is 1. The lowest BCUT2D eigenvalue weighted by Crippen LogP contribution is -2.57. The van der Waals surface area contributed by atoms with Crippen LogP contribution >= 0.6 is 0 Å². The van der Waals surface area contributed by atoms with Crippen LogP contribution in [-0.4, -0.2) is 87.8 Å². The first kappa shape index (κ1) is 24.9. The van der Waals surface area contributed by atoms with Gasteiger partial charge in [0.25, 0.3) is 5.91 Å². The summed E-state index contributed by atoms with van der Waals surface area (Å²) in [5.41, 5.74) is 3.89. The van der Waals surface area contributed by atoms with Crippen molar-refractivity contribution in [2.45, 2.75) is 25.8 Å². The van der Waals surface area contributed by atoms with Gasteiger partial charge in [0.2, 0.25) is 11.8 Å². The van der Waals surface area contributed by atoms with Crippen LogP contribution < -0.4 is 10.2 Å². The van der Waals surface area contributed by atoms with Gasteiger partial charge in [-0.25, -0.2) is 9.97 Å². The number of nitriles is 1.